The van der Waals surface area contributed by atoms with Crippen molar-refractivity contribution in [2.45, 2.75) is 12.1 Å². The van der Waals surface area contributed by atoms with Crippen molar-refractivity contribution >= 4 is 50.8 Å². The van der Waals surface area contributed by atoms with E-state index in [9.17, 15) is 9.90 Å². The summed E-state index contributed by atoms with van der Waals surface area (Å²) in [6.07, 6.45) is 1.52. The first-order valence-electron chi connectivity index (χ1n) is 7.20. The molecule has 3 aromatic rings. The molecule has 0 radical (unpaired) electrons. The monoisotopic (exact) mass is 368 g/mol. The Morgan fingerprint density at radius 3 is 2.72 bits per heavy atom. The first-order valence-corrected chi connectivity index (χ1v) is 8.90. The number of nitrogens with one attached hydrogen (secondary N) is 1. The lowest BCUT2D eigenvalue weighted by Crippen LogP contribution is -2.00. The number of aliphatic carboxylic acids is 1. The molecule has 2 N–H and O–H groups in total. The Morgan fingerprint density at radius 2 is 2.08 bits per heavy atom. The lowest BCUT2D eigenvalue weighted by Gasteiger charge is -2.09. The fraction of sp³-hybridized carbons (Fsp3) is 0.0588. The van der Waals surface area contributed by atoms with Gasteiger partial charge in [-0.2, -0.15) is 5.26 Å². The summed E-state index contributed by atoms with van der Waals surface area (Å²) in [4.78, 5) is 21.0. The number of rotatable bonds is 5. The standard InChI is InChI=1S/C17H12N4O2S2/c1-2-13(16(22)23)25-17-20-14(12-7-8-24-15(12)21-17)19-11-5-3-10(9-18)4-6-11/h2-8H,1H3,(H,22,23)(H,19,20,21). The van der Waals surface area contributed by atoms with Crippen LogP contribution >= 0.6 is 23.1 Å². The van der Waals surface area contributed by atoms with Crippen LogP contribution in [-0.4, -0.2) is 21.0 Å². The van der Waals surface area contributed by atoms with E-state index in [0.29, 0.717) is 16.5 Å². The molecule has 0 aliphatic heterocycles. The van der Waals surface area contributed by atoms with Gasteiger partial charge in [-0.1, -0.05) is 6.08 Å². The van der Waals surface area contributed by atoms with Crippen molar-refractivity contribution in [1.82, 2.24) is 9.97 Å². The first kappa shape index (κ1) is 17.0. The summed E-state index contributed by atoms with van der Waals surface area (Å²) in [6.45, 7) is 1.66. The minimum absolute atomic E-state index is 0.167. The molecule has 0 aliphatic carbocycles. The average molecular weight is 368 g/mol. The fourth-order valence-corrected chi connectivity index (χ4v) is 3.56. The van der Waals surface area contributed by atoms with Gasteiger partial charge in [0.2, 0.25) is 0 Å². The zero-order valence-corrected chi connectivity index (χ0v) is 14.7. The van der Waals surface area contributed by atoms with Gasteiger partial charge >= 0.3 is 5.97 Å². The summed E-state index contributed by atoms with van der Waals surface area (Å²) in [7, 11) is 0. The SMILES string of the molecule is CC=C(Sc1nc(Nc2ccc(C#N)cc2)c2ccsc2n1)C(=O)O. The van der Waals surface area contributed by atoms with E-state index < -0.39 is 5.97 Å². The van der Waals surface area contributed by atoms with Crippen LogP contribution in [0.5, 0.6) is 0 Å². The Hall–Kier alpha value is -2.89. The van der Waals surface area contributed by atoms with Crippen molar-refractivity contribution in [3.05, 3.63) is 52.3 Å². The molecule has 0 aliphatic rings. The van der Waals surface area contributed by atoms with Crippen LogP contribution in [0.1, 0.15) is 12.5 Å². The second-order valence-corrected chi connectivity index (χ2v) is 6.77. The van der Waals surface area contributed by atoms with Crippen LogP contribution in [0.25, 0.3) is 10.2 Å². The van der Waals surface area contributed by atoms with Gasteiger partial charge < -0.3 is 10.4 Å². The summed E-state index contributed by atoms with van der Waals surface area (Å²) >= 11 is 2.47. The summed E-state index contributed by atoms with van der Waals surface area (Å²) in [5.74, 6) is -0.414. The van der Waals surface area contributed by atoms with Gasteiger partial charge in [0, 0.05) is 5.69 Å². The van der Waals surface area contributed by atoms with Crippen LogP contribution in [0.15, 0.2) is 51.8 Å². The highest BCUT2D eigenvalue weighted by Gasteiger charge is 2.14. The van der Waals surface area contributed by atoms with Crippen molar-refractivity contribution in [3.8, 4) is 6.07 Å². The molecular formula is C17H12N4O2S2. The smallest absolute Gasteiger partial charge is 0.342 e. The number of carboxylic acids is 1. The van der Waals surface area contributed by atoms with E-state index in [2.05, 4.69) is 21.4 Å². The third kappa shape index (κ3) is 3.79. The van der Waals surface area contributed by atoms with Gasteiger partial charge in [0.1, 0.15) is 10.6 Å². The summed E-state index contributed by atoms with van der Waals surface area (Å²) in [6, 6.07) is 11.0. The van der Waals surface area contributed by atoms with E-state index >= 15 is 0 Å². The van der Waals surface area contributed by atoms with E-state index in [1.54, 1.807) is 31.2 Å². The van der Waals surface area contributed by atoms with Crippen LogP contribution in [0, 0.1) is 11.3 Å². The van der Waals surface area contributed by atoms with Gasteiger partial charge in [-0.05, 0) is 54.4 Å². The number of fused-ring (bicyclic) bond motifs is 1. The van der Waals surface area contributed by atoms with Gasteiger partial charge in [-0.15, -0.1) is 11.3 Å². The van der Waals surface area contributed by atoms with E-state index in [4.69, 9.17) is 5.26 Å². The van der Waals surface area contributed by atoms with Crippen molar-refractivity contribution < 1.29 is 9.90 Å². The molecule has 124 valence electrons. The van der Waals surface area contributed by atoms with Crippen LogP contribution in [-0.2, 0) is 4.79 Å². The molecular weight excluding hydrogens is 356 g/mol. The predicted octanol–water partition coefficient (Wildman–Crippen LogP) is 4.39. The number of nitrogens with zero attached hydrogens (tertiary/aromatic N) is 3. The number of nitriles is 1. The second kappa shape index (κ2) is 7.34. The molecule has 0 fully saturated rings. The second-order valence-electron chi connectivity index (χ2n) is 4.87. The molecule has 0 spiro atoms. The number of thiophene rings is 1. The van der Waals surface area contributed by atoms with E-state index in [1.807, 2.05) is 11.4 Å². The average Bonchev–Trinajstić information content (AvgIpc) is 3.09. The number of benzene rings is 1. The summed E-state index contributed by atoms with van der Waals surface area (Å²) in [5, 5.41) is 24.4. The number of anilines is 2. The molecule has 6 nitrogen and oxygen atoms in total. The molecule has 0 amide bonds. The normalized spacial score (nSPS) is 11.3. The topological polar surface area (TPSA) is 98.9 Å². The third-order valence-electron chi connectivity index (χ3n) is 3.26. The molecule has 2 heterocycles. The van der Waals surface area contributed by atoms with Crippen LogP contribution in [0.4, 0.5) is 11.5 Å². The molecule has 0 saturated heterocycles. The number of thioether (sulfide) groups is 1. The highest BCUT2D eigenvalue weighted by Crippen LogP contribution is 2.32. The molecule has 1 aromatic carbocycles. The van der Waals surface area contributed by atoms with Crippen molar-refractivity contribution in [1.29, 1.82) is 5.26 Å². The third-order valence-corrected chi connectivity index (χ3v) is 5.06. The van der Waals surface area contributed by atoms with Gasteiger partial charge in [0.05, 0.1) is 21.9 Å². The Bertz CT molecular complexity index is 1000. The minimum atomic E-state index is -1.01. The number of carbonyl (C=O) groups is 1. The van der Waals surface area contributed by atoms with Crippen LogP contribution < -0.4 is 5.32 Å². The van der Waals surface area contributed by atoms with Gasteiger partial charge in [-0.25, -0.2) is 14.8 Å². The van der Waals surface area contributed by atoms with Crippen LogP contribution in [0.2, 0.25) is 0 Å². The maximum absolute atomic E-state index is 11.2. The zero-order chi connectivity index (χ0) is 17.8. The van der Waals surface area contributed by atoms with Crippen molar-refractivity contribution in [3.63, 3.8) is 0 Å². The van der Waals surface area contributed by atoms with Crippen molar-refractivity contribution in [2.75, 3.05) is 5.32 Å². The molecule has 2 aromatic heterocycles. The molecule has 0 atom stereocenters. The largest absolute Gasteiger partial charge is 0.477 e. The fourth-order valence-electron chi connectivity index (χ4n) is 2.07. The molecule has 0 unspecified atom stereocenters. The predicted molar refractivity (Wildman–Crippen MR) is 99.1 cm³/mol. The molecule has 25 heavy (non-hydrogen) atoms. The maximum atomic E-state index is 11.2. The number of aromatic nitrogens is 2. The van der Waals surface area contributed by atoms with E-state index in [1.165, 1.54) is 17.4 Å². The quantitative estimate of drug-likeness (QED) is 0.391. The highest BCUT2D eigenvalue weighted by atomic mass is 32.2. The Labute approximate surface area is 151 Å². The maximum Gasteiger partial charge on any atom is 0.342 e. The first-order chi connectivity index (χ1) is 12.1. The Kier molecular flexibility index (Phi) is 4.97. The number of carboxylic acid groups (broad SMARTS) is 1. The molecule has 0 bridgehead atoms. The zero-order valence-electron chi connectivity index (χ0n) is 13.1. The summed E-state index contributed by atoms with van der Waals surface area (Å²) in [5.41, 5.74) is 1.36. The van der Waals surface area contributed by atoms with Gasteiger partial charge in [-0.3, -0.25) is 0 Å². The number of hydrogen-bond donors (Lipinski definition) is 2. The Balaban J connectivity index is 1.97. The minimum Gasteiger partial charge on any atom is -0.477 e. The van der Waals surface area contributed by atoms with E-state index in [-0.39, 0.29) is 4.91 Å². The lowest BCUT2D eigenvalue weighted by atomic mass is 10.2. The number of hydrogen-bond acceptors (Lipinski definition) is 7. The molecule has 8 heteroatoms. The Morgan fingerprint density at radius 1 is 1.32 bits per heavy atom. The van der Waals surface area contributed by atoms with Crippen molar-refractivity contribution in [2.24, 2.45) is 0 Å². The number of allylic oxidation sites excluding steroid dienone is 1. The lowest BCUT2D eigenvalue weighted by molar-refractivity contribution is -0.131. The van der Waals surface area contributed by atoms with Crippen LogP contribution in [0.3, 0.4) is 0 Å². The molecule has 0 saturated carbocycles. The highest BCUT2D eigenvalue weighted by molar-refractivity contribution is 8.03. The molecule has 3 rings (SSSR count). The van der Waals surface area contributed by atoms with Gasteiger partial charge in [0.25, 0.3) is 0 Å². The van der Waals surface area contributed by atoms with E-state index in [0.717, 1.165) is 27.7 Å². The van der Waals surface area contributed by atoms with Gasteiger partial charge in [0.15, 0.2) is 5.16 Å². The summed E-state index contributed by atoms with van der Waals surface area (Å²) < 4.78 is 0.